The summed E-state index contributed by atoms with van der Waals surface area (Å²) in [6.07, 6.45) is 1.67. The molecule has 0 unspecified atom stereocenters. The highest BCUT2D eigenvalue weighted by Gasteiger charge is 1.95. The molecule has 0 heterocycles. The van der Waals surface area contributed by atoms with Crippen molar-refractivity contribution in [3.63, 3.8) is 0 Å². The summed E-state index contributed by atoms with van der Waals surface area (Å²) >= 11 is 0. The minimum absolute atomic E-state index is 0.0556. The number of carbonyl (C=O) groups is 3. The van der Waals surface area contributed by atoms with Gasteiger partial charge in [-0.05, 0) is 6.92 Å². The maximum atomic E-state index is 9.70. The first-order valence-electron chi connectivity index (χ1n) is 3.49. The lowest BCUT2D eigenvalue weighted by molar-refractivity contribution is -0.134. The molecule has 15 heavy (non-hydrogen) atoms. The molecule has 0 spiro atoms. The van der Waals surface area contributed by atoms with Crippen LogP contribution in [0, 0.1) is 0 Å². The molecule has 0 saturated heterocycles. The third kappa shape index (κ3) is 14.5. The van der Waals surface area contributed by atoms with Crippen LogP contribution in [0.15, 0.2) is 24.0 Å². The van der Waals surface area contributed by atoms with E-state index in [1.54, 1.807) is 0 Å². The van der Waals surface area contributed by atoms with Gasteiger partial charge < -0.3 is 20.4 Å². The van der Waals surface area contributed by atoms with E-state index in [2.05, 4.69) is 0 Å². The molecule has 0 rings (SSSR count). The van der Waals surface area contributed by atoms with Crippen molar-refractivity contribution < 1.29 is 34.8 Å². The highest BCUT2D eigenvalue weighted by Crippen LogP contribution is 1.86. The Morgan fingerprint density at radius 2 is 1.27 bits per heavy atom. The van der Waals surface area contributed by atoms with Crippen molar-refractivity contribution in [2.75, 3.05) is 0 Å². The number of rotatable bonds is 3. The molecule has 0 fully saturated rings. The first-order chi connectivity index (χ1) is 6.81. The first kappa shape index (κ1) is 15.2. The third-order valence-electron chi connectivity index (χ3n) is 0.899. The Hall–Kier alpha value is -2.31. The molecular weight excluding hydrogens is 208 g/mol. The van der Waals surface area contributed by atoms with E-state index in [4.69, 9.17) is 20.4 Å². The van der Waals surface area contributed by atoms with E-state index in [0.29, 0.717) is 18.4 Å². The van der Waals surface area contributed by atoms with Crippen molar-refractivity contribution in [1.82, 2.24) is 0 Å². The minimum Gasteiger partial charge on any atom is -0.515 e. The van der Waals surface area contributed by atoms with Crippen LogP contribution >= 0.6 is 0 Å². The van der Waals surface area contributed by atoms with Crippen LogP contribution in [0.1, 0.15) is 6.92 Å². The van der Waals surface area contributed by atoms with Gasteiger partial charge in [0.2, 0.25) is 0 Å². The molecular formula is C8H10O7. The van der Waals surface area contributed by atoms with Crippen molar-refractivity contribution in [2.24, 2.45) is 0 Å². The number of aliphatic carboxylic acids is 3. The summed E-state index contributed by atoms with van der Waals surface area (Å²) < 4.78 is 0. The summed E-state index contributed by atoms with van der Waals surface area (Å²) in [4.78, 5) is 28.8. The predicted octanol–water partition coefficient (Wildman–Crippen LogP) is 0.245. The Morgan fingerprint density at radius 1 is 0.933 bits per heavy atom. The molecule has 0 aromatic rings. The van der Waals surface area contributed by atoms with Gasteiger partial charge in [-0.1, -0.05) is 0 Å². The standard InChI is InChI=1S/C4H4O4.C4H6O3/c5-3(6)1-2-4(7)8;1-3(2-5)4(6)7/h1-2H,(H,5,6)(H,7,8);2,5H,1H3,(H,6,7). The lowest BCUT2D eigenvalue weighted by atomic mass is 10.4. The molecule has 0 aliphatic rings. The Balaban J connectivity index is 0. The summed E-state index contributed by atoms with van der Waals surface area (Å²) in [6.45, 7) is 1.31. The smallest absolute Gasteiger partial charge is 0.334 e. The molecule has 0 amide bonds. The van der Waals surface area contributed by atoms with Gasteiger partial charge in [0.25, 0.3) is 0 Å². The van der Waals surface area contributed by atoms with Crippen LogP contribution in [0.4, 0.5) is 0 Å². The summed E-state index contributed by atoms with van der Waals surface area (Å²) in [5.74, 6) is -3.61. The highest BCUT2D eigenvalue weighted by atomic mass is 16.4. The molecule has 0 atom stereocenters. The SMILES string of the molecule is CC(=CO)C(=O)O.O=C(O)C=CC(=O)O. The van der Waals surface area contributed by atoms with E-state index in [1.807, 2.05) is 0 Å². The van der Waals surface area contributed by atoms with E-state index in [-0.39, 0.29) is 5.57 Å². The Morgan fingerprint density at radius 3 is 1.33 bits per heavy atom. The normalized spacial score (nSPS) is 10.3. The predicted molar refractivity (Wildman–Crippen MR) is 48.4 cm³/mol. The van der Waals surface area contributed by atoms with Crippen molar-refractivity contribution >= 4 is 17.9 Å². The summed E-state index contributed by atoms with van der Waals surface area (Å²) in [7, 11) is 0. The molecule has 84 valence electrons. The van der Waals surface area contributed by atoms with Crippen LogP contribution in [0.3, 0.4) is 0 Å². The van der Waals surface area contributed by atoms with Crippen molar-refractivity contribution in [1.29, 1.82) is 0 Å². The van der Waals surface area contributed by atoms with Crippen LogP contribution in [-0.2, 0) is 14.4 Å². The van der Waals surface area contributed by atoms with E-state index < -0.39 is 17.9 Å². The zero-order chi connectivity index (χ0) is 12.4. The number of aliphatic hydroxyl groups is 1. The van der Waals surface area contributed by atoms with Crippen molar-refractivity contribution in [2.45, 2.75) is 6.92 Å². The maximum absolute atomic E-state index is 9.70. The molecule has 0 saturated carbocycles. The van der Waals surface area contributed by atoms with Gasteiger partial charge in [-0.3, -0.25) is 0 Å². The van der Waals surface area contributed by atoms with E-state index in [1.165, 1.54) is 6.92 Å². The number of carboxylic acids is 3. The average Bonchev–Trinajstić information content (AvgIpc) is 2.14. The fourth-order valence-electron chi connectivity index (χ4n) is 0.198. The van der Waals surface area contributed by atoms with Crippen LogP contribution in [0.5, 0.6) is 0 Å². The second kappa shape index (κ2) is 8.30. The topological polar surface area (TPSA) is 132 Å². The monoisotopic (exact) mass is 218 g/mol. The van der Waals surface area contributed by atoms with Gasteiger partial charge in [0.15, 0.2) is 0 Å². The summed E-state index contributed by atoms with van der Waals surface area (Å²) in [5.41, 5.74) is -0.0556. The molecule has 0 aromatic carbocycles. The van der Waals surface area contributed by atoms with Gasteiger partial charge in [-0.25, -0.2) is 14.4 Å². The zero-order valence-electron chi connectivity index (χ0n) is 7.75. The van der Waals surface area contributed by atoms with Gasteiger partial charge in [-0.15, -0.1) is 0 Å². The summed E-state index contributed by atoms with van der Waals surface area (Å²) in [6, 6.07) is 0. The summed E-state index contributed by atoms with van der Waals surface area (Å²) in [5, 5.41) is 31.5. The van der Waals surface area contributed by atoms with Gasteiger partial charge in [0, 0.05) is 12.2 Å². The fourth-order valence-corrected chi connectivity index (χ4v) is 0.198. The van der Waals surface area contributed by atoms with E-state index in [9.17, 15) is 14.4 Å². The van der Waals surface area contributed by atoms with Crippen LogP contribution < -0.4 is 0 Å². The Kier molecular flexibility index (Phi) is 8.39. The largest absolute Gasteiger partial charge is 0.515 e. The quantitative estimate of drug-likeness (QED) is 0.394. The van der Waals surface area contributed by atoms with E-state index in [0.717, 1.165) is 0 Å². The molecule has 0 aromatic heterocycles. The second-order valence-electron chi connectivity index (χ2n) is 2.13. The van der Waals surface area contributed by atoms with Gasteiger partial charge in [0.05, 0.1) is 11.8 Å². The molecule has 4 N–H and O–H groups in total. The molecule has 0 aliphatic carbocycles. The molecule has 0 radical (unpaired) electrons. The Labute approximate surface area is 84.6 Å². The van der Waals surface area contributed by atoms with E-state index >= 15 is 0 Å². The lowest BCUT2D eigenvalue weighted by Crippen LogP contribution is -1.94. The number of aliphatic hydroxyl groups excluding tert-OH is 1. The second-order valence-corrected chi connectivity index (χ2v) is 2.13. The van der Waals surface area contributed by atoms with Crippen LogP contribution in [-0.4, -0.2) is 38.3 Å². The highest BCUT2D eigenvalue weighted by molar-refractivity contribution is 5.89. The van der Waals surface area contributed by atoms with Gasteiger partial charge in [0.1, 0.15) is 0 Å². The molecule has 0 aliphatic heterocycles. The maximum Gasteiger partial charge on any atom is 0.334 e. The number of carboxylic acid groups (broad SMARTS) is 3. The van der Waals surface area contributed by atoms with Crippen LogP contribution in [0.2, 0.25) is 0 Å². The fraction of sp³-hybridized carbons (Fsp3) is 0.125. The minimum atomic E-state index is -1.26. The average molecular weight is 218 g/mol. The number of hydrogen-bond donors (Lipinski definition) is 4. The molecule has 7 nitrogen and oxygen atoms in total. The van der Waals surface area contributed by atoms with Crippen molar-refractivity contribution in [3.05, 3.63) is 24.0 Å². The molecule has 0 bridgehead atoms. The van der Waals surface area contributed by atoms with Gasteiger partial charge in [-0.2, -0.15) is 0 Å². The zero-order valence-corrected chi connectivity index (χ0v) is 7.75. The lowest BCUT2D eigenvalue weighted by Gasteiger charge is -1.83. The number of hydrogen-bond acceptors (Lipinski definition) is 4. The molecule has 7 heteroatoms. The van der Waals surface area contributed by atoms with Crippen LogP contribution in [0.25, 0.3) is 0 Å². The third-order valence-corrected chi connectivity index (χ3v) is 0.899. The Bertz CT molecular complexity index is 284. The first-order valence-corrected chi connectivity index (χ1v) is 3.49. The van der Waals surface area contributed by atoms with Gasteiger partial charge >= 0.3 is 17.9 Å². The van der Waals surface area contributed by atoms with Crippen molar-refractivity contribution in [3.8, 4) is 0 Å².